The Morgan fingerprint density at radius 1 is 1.39 bits per heavy atom. The zero-order valence-corrected chi connectivity index (χ0v) is 14.4. The molecule has 1 amide bonds. The molecule has 7 heteroatoms. The van der Waals surface area contributed by atoms with Crippen molar-refractivity contribution in [2.75, 3.05) is 5.75 Å². The fourth-order valence-electron chi connectivity index (χ4n) is 2.11. The number of hydrazone groups is 1. The summed E-state index contributed by atoms with van der Waals surface area (Å²) in [7, 11) is 1.95. The van der Waals surface area contributed by atoms with Gasteiger partial charge >= 0.3 is 0 Å². The number of rotatable bonds is 5. The van der Waals surface area contributed by atoms with Gasteiger partial charge in [-0.3, -0.25) is 4.79 Å². The van der Waals surface area contributed by atoms with Crippen LogP contribution < -0.4 is 5.43 Å². The number of aromatic nitrogens is 2. The van der Waals surface area contributed by atoms with Gasteiger partial charge in [-0.05, 0) is 31.2 Å². The number of imidazole rings is 1. The SMILES string of the molecule is Cc1ccc(/C=N\NC(=O)CSc2nc3ccccc3n2C)s1. The molecule has 1 aromatic carbocycles. The number of hydrogen-bond donors (Lipinski definition) is 1. The summed E-state index contributed by atoms with van der Waals surface area (Å²) in [6.07, 6.45) is 1.66. The highest BCUT2D eigenvalue weighted by atomic mass is 32.2. The number of hydrogen-bond acceptors (Lipinski definition) is 5. The molecule has 5 nitrogen and oxygen atoms in total. The van der Waals surface area contributed by atoms with Gasteiger partial charge in [0.1, 0.15) is 0 Å². The summed E-state index contributed by atoms with van der Waals surface area (Å²) in [6, 6.07) is 11.9. The standard InChI is InChI=1S/C16H16N4OS2/c1-11-7-8-12(23-11)9-17-19-15(21)10-22-16-18-13-5-3-4-6-14(13)20(16)2/h3-9H,10H2,1-2H3,(H,19,21)/b17-9-. The number of carbonyl (C=O) groups excluding carboxylic acids is 1. The average molecular weight is 344 g/mol. The van der Waals surface area contributed by atoms with Crippen molar-refractivity contribution in [1.29, 1.82) is 0 Å². The summed E-state index contributed by atoms with van der Waals surface area (Å²) in [5, 5.41) is 4.80. The molecular weight excluding hydrogens is 328 g/mol. The normalized spacial score (nSPS) is 11.4. The van der Waals surface area contributed by atoms with E-state index in [2.05, 4.69) is 15.5 Å². The highest BCUT2D eigenvalue weighted by Gasteiger charge is 2.09. The number of aryl methyl sites for hydroxylation is 2. The van der Waals surface area contributed by atoms with E-state index in [0.717, 1.165) is 21.1 Å². The van der Waals surface area contributed by atoms with Crippen LogP contribution >= 0.6 is 23.1 Å². The third kappa shape index (κ3) is 3.80. The van der Waals surface area contributed by atoms with Crippen LogP contribution in [0.2, 0.25) is 0 Å². The molecule has 0 saturated heterocycles. The fourth-order valence-corrected chi connectivity index (χ4v) is 3.63. The van der Waals surface area contributed by atoms with E-state index in [0.29, 0.717) is 0 Å². The van der Waals surface area contributed by atoms with E-state index in [1.54, 1.807) is 17.6 Å². The van der Waals surface area contributed by atoms with Gasteiger partial charge in [-0.15, -0.1) is 11.3 Å². The van der Waals surface area contributed by atoms with Crippen LogP contribution in [-0.2, 0) is 11.8 Å². The Balaban J connectivity index is 1.56. The first-order chi connectivity index (χ1) is 11.1. The molecule has 0 unspecified atom stereocenters. The molecule has 3 rings (SSSR count). The number of para-hydroxylation sites is 2. The number of nitrogens with one attached hydrogen (secondary N) is 1. The number of carbonyl (C=O) groups is 1. The van der Waals surface area contributed by atoms with Gasteiger partial charge in [0.05, 0.1) is 23.0 Å². The van der Waals surface area contributed by atoms with Crippen LogP contribution in [0.1, 0.15) is 9.75 Å². The van der Waals surface area contributed by atoms with Gasteiger partial charge in [0.15, 0.2) is 5.16 Å². The summed E-state index contributed by atoms with van der Waals surface area (Å²) >= 11 is 3.03. The Labute approximate surface area is 142 Å². The van der Waals surface area contributed by atoms with E-state index in [4.69, 9.17) is 0 Å². The summed E-state index contributed by atoms with van der Waals surface area (Å²) in [4.78, 5) is 18.6. The fraction of sp³-hybridized carbons (Fsp3) is 0.188. The van der Waals surface area contributed by atoms with Crippen molar-refractivity contribution in [3.8, 4) is 0 Å². The van der Waals surface area contributed by atoms with E-state index in [-0.39, 0.29) is 11.7 Å². The molecule has 23 heavy (non-hydrogen) atoms. The Morgan fingerprint density at radius 2 is 2.22 bits per heavy atom. The van der Waals surface area contributed by atoms with Crippen LogP contribution in [0.15, 0.2) is 46.7 Å². The molecular formula is C16H16N4OS2. The van der Waals surface area contributed by atoms with Crippen molar-refractivity contribution in [2.24, 2.45) is 12.1 Å². The number of thiophene rings is 1. The molecule has 1 N–H and O–H groups in total. The first-order valence-corrected chi connectivity index (χ1v) is 8.86. The zero-order chi connectivity index (χ0) is 16.2. The number of benzene rings is 1. The van der Waals surface area contributed by atoms with Crippen molar-refractivity contribution in [2.45, 2.75) is 12.1 Å². The number of thioether (sulfide) groups is 1. The van der Waals surface area contributed by atoms with Crippen LogP contribution in [0.3, 0.4) is 0 Å². The molecule has 0 spiro atoms. The number of fused-ring (bicyclic) bond motifs is 1. The number of nitrogens with zero attached hydrogens (tertiary/aromatic N) is 3. The minimum absolute atomic E-state index is 0.147. The molecule has 0 aliphatic carbocycles. The highest BCUT2D eigenvalue weighted by Crippen LogP contribution is 2.22. The molecule has 0 atom stereocenters. The maximum Gasteiger partial charge on any atom is 0.250 e. The lowest BCUT2D eigenvalue weighted by Gasteiger charge is -2.01. The summed E-state index contributed by atoms with van der Waals surface area (Å²) in [6.45, 7) is 2.04. The molecule has 0 fully saturated rings. The lowest BCUT2D eigenvalue weighted by Crippen LogP contribution is -2.19. The summed E-state index contributed by atoms with van der Waals surface area (Å²) in [5.41, 5.74) is 4.53. The molecule has 0 radical (unpaired) electrons. The van der Waals surface area contributed by atoms with Crippen LogP contribution in [0.5, 0.6) is 0 Å². The third-order valence-corrected chi connectivity index (χ3v) is 5.19. The molecule has 0 bridgehead atoms. The second-order valence-electron chi connectivity index (χ2n) is 4.97. The zero-order valence-electron chi connectivity index (χ0n) is 12.8. The number of amides is 1. The van der Waals surface area contributed by atoms with Gasteiger partial charge in [0.2, 0.25) is 0 Å². The molecule has 0 aliphatic rings. The first-order valence-electron chi connectivity index (χ1n) is 7.06. The molecule has 0 aliphatic heterocycles. The molecule has 118 valence electrons. The van der Waals surface area contributed by atoms with E-state index >= 15 is 0 Å². The van der Waals surface area contributed by atoms with Gasteiger partial charge in [0.25, 0.3) is 5.91 Å². The van der Waals surface area contributed by atoms with Crippen molar-refractivity contribution in [1.82, 2.24) is 15.0 Å². The van der Waals surface area contributed by atoms with Crippen molar-refractivity contribution >= 4 is 46.3 Å². The van der Waals surface area contributed by atoms with Crippen LogP contribution in [0.25, 0.3) is 11.0 Å². The first kappa shape index (κ1) is 15.8. The topological polar surface area (TPSA) is 59.3 Å². The maximum absolute atomic E-state index is 11.9. The Morgan fingerprint density at radius 3 is 2.96 bits per heavy atom. The maximum atomic E-state index is 11.9. The quantitative estimate of drug-likeness (QED) is 0.439. The van der Waals surface area contributed by atoms with Gasteiger partial charge in [0, 0.05) is 16.8 Å². The van der Waals surface area contributed by atoms with Crippen LogP contribution in [-0.4, -0.2) is 27.4 Å². The lowest BCUT2D eigenvalue weighted by molar-refractivity contribution is -0.118. The second-order valence-corrected chi connectivity index (χ2v) is 7.23. The minimum Gasteiger partial charge on any atom is -0.322 e. The van der Waals surface area contributed by atoms with E-state index in [1.165, 1.54) is 16.6 Å². The van der Waals surface area contributed by atoms with Crippen molar-refractivity contribution < 1.29 is 4.79 Å². The molecule has 3 aromatic rings. The van der Waals surface area contributed by atoms with Gasteiger partial charge in [-0.1, -0.05) is 23.9 Å². The predicted molar refractivity (Wildman–Crippen MR) is 96.2 cm³/mol. The predicted octanol–water partition coefficient (Wildman–Crippen LogP) is 3.19. The molecule has 0 saturated carbocycles. The summed E-state index contributed by atoms with van der Waals surface area (Å²) in [5.74, 6) is 0.129. The van der Waals surface area contributed by atoms with Crippen LogP contribution in [0, 0.1) is 6.92 Å². The van der Waals surface area contributed by atoms with E-state index in [9.17, 15) is 4.79 Å². The average Bonchev–Trinajstić information content (AvgIpc) is 3.10. The van der Waals surface area contributed by atoms with Crippen molar-refractivity contribution in [3.05, 3.63) is 46.2 Å². The highest BCUT2D eigenvalue weighted by molar-refractivity contribution is 7.99. The minimum atomic E-state index is -0.147. The molecule has 2 heterocycles. The smallest absolute Gasteiger partial charge is 0.250 e. The Kier molecular flexibility index (Phi) is 4.78. The van der Waals surface area contributed by atoms with Crippen LogP contribution in [0.4, 0.5) is 0 Å². The second kappa shape index (κ2) is 6.97. The largest absolute Gasteiger partial charge is 0.322 e. The van der Waals surface area contributed by atoms with Crippen molar-refractivity contribution in [3.63, 3.8) is 0 Å². The van der Waals surface area contributed by atoms with Gasteiger partial charge < -0.3 is 4.57 Å². The molecule has 2 aromatic heterocycles. The Hall–Kier alpha value is -2.12. The Bertz CT molecular complexity index is 866. The lowest BCUT2D eigenvalue weighted by atomic mass is 10.3. The monoisotopic (exact) mass is 344 g/mol. The van der Waals surface area contributed by atoms with E-state index < -0.39 is 0 Å². The van der Waals surface area contributed by atoms with Gasteiger partial charge in [-0.25, -0.2) is 10.4 Å². The summed E-state index contributed by atoms with van der Waals surface area (Å²) < 4.78 is 1.99. The van der Waals surface area contributed by atoms with Gasteiger partial charge in [-0.2, -0.15) is 5.10 Å². The van der Waals surface area contributed by atoms with E-state index in [1.807, 2.05) is 54.9 Å². The third-order valence-electron chi connectivity index (χ3n) is 3.22.